The fourth-order valence-corrected chi connectivity index (χ4v) is 2.50. The van der Waals surface area contributed by atoms with Crippen LogP contribution in [0.3, 0.4) is 0 Å². The number of rotatable bonds is 3. The van der Waals surface area contributed by atoms with E-state index in [0.717, 1.165) is 42.5 Å². The Hall–Kier alpha value is -1.04. The summed E-state index contributed by atoms with van der Waals surface area (Å²) in [6, 6.07) is 0.525. The van der Waals surface area contributed by atoms with E-state index in [1.807, 2.05) is 13.8 Å². The molecule has 5 nitrogen and oxygen atoms in total. The van der Waals surface area contributed by atoms with E-state index < -0.39 is 0 Å². The molecule has 1 unspecified atom stereocenters. The van der Waals surface area contributed by atoms with Gasteiger partial charge in [-0.3, -0.25) is 4.90 Å². The van der Waals surface area contributed by atoms with E-state index in [1.54, 1.807) is 0 Å². The summed E-state index contributed by atoms with van der Waals surface area (Å²) in [7, 11) is 0. The van der Waals surface area contributed by atoms with Crippen molar-refractivity contribution in [3.05, 3.63) is 22.8 Å². The molecule has 0 saturated carbocycles. The average molecular weight is 264 g/mol. The van der Waals surface area contributed by atoms with E-state index in [-0.39, 0.29) is 6.10 Å². The molecule has 2 heterocycles. The fraction of sp³-hybridized carbons (Fsp3) is 0.714. The summed E-state index contributed by atoms with van der Waals surface area (Å²) in [4.78, 5) is 11.6. The van der Waals surface area contributed by atoms with Gasteiger partial charge in [0.25, 0.3) is 0 Å². The van der Waals surface area contributed by atoms with Crippen LogP contribution in [0.15, 0.2) is 0 Å². The van der Waals surface area contributed by atoms with Gasteiger partial charge in [0.1, 0.15) is 6.10 Å². The van der Waals surface area contributed by atoms with Crippen LogP contribution < -0.4 is 5.73 Å². The van der Waals surface area contributed by atoms with Gasteiger partial charge in [-0.2, -0.15) is 0 Å². The average Bonchev–Trinajstić information content (AvgIpc) is 2.38. The maximum atomic E-state index is 5.83. The highest BCUT2D eigenvalue weighted by Gasteiger charge is 2.26. The van der Waals surface area contributed by atoms with Gasteiger partial charge in [-0.15, -0.1) is 0 Å². The van der Waals surface area contributed by atoms with E-state index in [2.05, 4.69) is 28.7 Å². The molecule has 0 bridgehead atoms. The van der Waals surface area contributed by atoms with E-state index in [0.29, 0.717) is 12.6 Å². The van der Waals surface area contributed by atoms with E-state index in [9.17, 15) is 0 Å². The zero-order chi connectivity index (χ0) is 14.0. The molecule has 19 heavy (non-hydrogen) atoms. The van der Waals surface area contributed by atoms with Crippen LogP contribution >= 0.6 is 0 Å². The molecular formula is C14H24N4O. The molecule has 1 saturated heterocycles. The SMILES string of the molecule is Cc1nc(C2CN(C(C)C)CCO2)nc(C)c1CN. The van der Waals surface area contributed by atoms with Gasteiger partial charge in [0.2, 0.25) is 0 Å². The third-order valence-corrected chi connectivity index (χ3v) is 3.76. The molecule has 1 aromatic rings. The molecule has 1 atom stereocenters. The number of ether oxygens (including phenoxy) is 1. The van der Waals surface area contributed by atoms with Gasteiger partial charge in [0.15, 0.2) is 5.82 Å². The topological polar surface area (TPSA) is 64.3 Å². The summed E-state index contributed by atoms with van der Waals surface area (Å²) in [5.74, 6) is 0.789. The molecule has 0 amide bonds. The molecule has 1 aliphatic heterocycles. The maximum Gasteiger partial charge on any atom is 0.158 e. The lowest BCUT2D eigenvalue weighted by atomic mass is 10.1. The van der Waals surface area contributed by atoms with Crippen LogP contribution in [0.25, 0.3) is 0 Å². The smallest absolute Gasteiger partial charge is 0.158 e. The minimum Gasteiger partial charge on any atom is -0.368 e. The summed E-state index contributed by atoms with van der Waals surface area (Å²) in [6.45, 7) is 11.5. The minimum atomic E-state index is -0.0274. The van der Waals surface area contributed by atoms with Crippen LogP contribution in [0.5, 0.6) is 0 Å². The molecule has 1 aliphatic rings. The quantitative estimate of drug-likeness (QED) is 0.892. The first-order chi connectivity index (χ1) is 9.02. The second-order valence-electron chi connectivity index (χ2n) is 5.38. The summed E-state index contributed by atoms with van der Waals surface area (Å²) >= 11 is 0. The molecule has 0 aliphatic carbocycles. The van der Waals surface area contributed by atoms with Crippen LogP contribution in [0.2, 0.25) is 0 Å². The molecule has 1 aromatic heterocycles. The Bertz CT molecular complexity index is 424. The van der Waals surface area contributed by atoms with E-state index in [4.69, 9.17) is 10.5 Å². The van der Waals surface area contributed by atoms with Crippen molar-refractivity contribution in [2.24, 2.45) is 5.73 Å². The largest absolute Gasteiger partial charge is 0.368 e. The van der Waals surface area contributed by atoms with Gasteiger partial charge < -0.3 is 10.5 Å². The van der Waals surface area contributed by atoms with Crippen LogP contribution in [0, 0.1) is 13.8 Å². The fourth-order valence-electron chi connectivity index (χ4n) is 2.50. The second-order valence-corrected chi connectivity index (χ2v) is 5.38. The molecule has 2 N–H and O–H groups in total. The summed E-state index contributed by atoms with van der Waals surface area (Å²) in [5, 5.41) is 0. The van der Waals surface area contributed by atoms with Gasteiger partial charge in [0.05, 0.1) is 6.61 Å². The summed E-state index contributed by atoms with van der Waals surface area (Å²) in [5.41, 5.74) is 8.70. The van der Waals surface area contributed by atoms with Crippen molar-refractivity contribution in [1.29, 1.82) is 0 Å². The molecule has 0 aromatic carbocycles. The molecule has 2 rings (SSSR count). The van der Waals surface area contributed by atoms with Crippen molar-refractivity contribution in [1.82, 2.24) is 14.9 Å². The highest BCUT2D eigenvalue weighted by Crippen LogP contribution is 2.22. The molecule has 1 fully saturated rings. The molecule has 5 heteroatoms. The Morgan fingerprint density at radius 3 is 2.47 bits per heavy atom. The Kier molecular flexibility index (Phi) is 4.50. The van der Waals surface area contributed by atoms with Crippen molar-refractivity contribution in [2.45, 2.75) is 46.4 Å². The lowest BCUT2D eigenvalue weighted by Gasteiger charge is -2.35. The van der Waals surface area contributed by atoms with Crippen molar-refractivity contribution in [2.75, 3.05) is 19.7 Å². The van der Waals surface area contributed by atoms with Crippen molar-refractivity contribution in [3.8, 4) is 0 Å². The first-order valence-electron chi connectivity index (χ1n) is 6.92. The Balaban J connectivity index is 2.22. The first kappa shape index (κ1) is 14.4. The number of morpholine rings is 1. The summed E-state index contributed by atoms with van der Waals surface area (Å²) < 4.78 is 5.83. The third-order valence-electron chi connectivity index (χ3n) is 3.76. The third kappa shape index (κ3) is 3.11. The lowest BCUT2D eigenvalue weighted by molar-refractivity contribution is -0.0444. The van der Waals surface area contributed by atoms with Crippen molar-refractivity contribution in [3.63, 3.8) is 0 Å². The molecule has 0 radical (unpaired) electrons. The molecule has 0 spiro atoms. The van der Waals surface area contributed by atoms with Crippen molar-refractivity contribution >= 4 is 0 Å². The van der Waals surface area contributed by atoms with Gasteiger partial charge in [-0.05, 0) is 27.7 Å². The predicted octanol–water partition coefficient (Wildman–Crippen LogP) is 1.33. The van der Waals surface area contributed by atoms with E-state index in [1.165, 1.54) is 0 Å². The van der Waals surface area contributed by atoms with Crippen LogP contribution in [-0.2, 0) is 11.3 Å². The summed E-state index contributed by atoms with van der Waals surface area (Å²) in [6.07, 6.45) is -0.0274. The molecular weight excluding hydrogens is 240 g/mol. The second kappa shape index (κ2) is 5.94. The standard InChI is InChI=1S/C14H24N4O/c1-9(2)18-5-6-19-13(8-18)14-16-10(3)12(7-15)11(4)17-14/h9,13H,5-8,15H2,1-4H3. The number of aromatic nitrogens is 2. The number of hydrogen-bond donors (Lipinski definition) is 1. The van der Waals surface area contributed by atoms with Gasteiger partial charge in [-0.1, -0.05) is 0 Å². The van der Waals surface area contributed by atoms with Gasteiger partial charge in [0, 0.05) is 42.6 Å². The van der Waals surface area contributed by atoms with Gasteiger partial charge >= 0.3 is 0 Å². The van der Waals surface area contributed by atoms with E-state index >= 15 is 0 Å². The van der Waals surface area contributed by atoms with Crippen LogP contribution in [0.1, 0.15) is 42.7 Å². The highest BCUT2D eigenvalue weighted by molar-refractivity contribution is 5.24. The monoisotopic (exact) mass is 264 g/mol. The normalized spacial score (nSPS) is 21.1. The van der Waals surface area contributed by atoms with Crippen LogP contribution in [0.4, 0.5) is 0 Å². The Labute approximate surface area is 115 Å². The number of aryl methyl sites for hydroxylation is 2. The number of nitrogens with two attached hydrogens (primary N) is 1. The Morgan fingerprint density at radius 1 is 1.32 bits per heavy atom. The van der Waals surface area contributed by atoms with Crippen molar-refractivity contribution < 1.29 is 4.74 Å². The zero-order valence-electron chi connectivity index (χ0n) is 12.3. The molecule has 106 valence electrons. The highest BCUT2D eigenvalue weighted by atomic mass is 16.5. The van der Waals surface area contributed by atoms with Gasteiger partial charge in [-0.25, -0.2) is 9.97 Å². The van der Waals surface area contributed by atoms with Crippen LogP contribution in [-0.4, -0.2) is 40.6 Å². The predicted molar refractivity (Wildman–Crippen MR) is 74.8 cm³/mol. The maximum absolute atomic E-state index is 5.83. The Morgan fingerprint density at radius 2 is 1.95 bits per heavy atom. The number of hydrogen-bond acceptors (Lipinski definition) is 5. The zero-order valence-corrected chi connectivity index (χ0v) is 12.3. The first-order valence-corrected chi connectivity index (χ1v) is 6.92. The minimum absolute atomic E-state index is 0.0274. The lowest BCUT2D eigenvalue weighted by Crippen LogP contribution is -2.42. The number of nitrogens with zero attached hydrogens (tertiary/aromatic N) is 3.